The number of aromatic nitrogens is 2. The van der Waals surface area contributed by atoms with Gasteiger partial charge in [0.05, 0.1) is 48.0 Å². The largest absolute Gasteiger partial charge is 0.497 e. The molecule has 5 nitrogen and oxygen atoms in total. The summed E-state index contributed by atoms with van der Waals surface area (Å²) in [4.78, 5) is 10.0. The van der Waals surface area contributed by atoms with E-state index in [0.29, 0.717) is 36.6 Å². The molecule has 0 saturated carbocycles. The van der Waals surface area contributed by atoms with Gasteiger partial charge in [-0.15, -0.1) is 0 Å². The molecule has 1 N–H and O–H groups in total. The summed E-state index contributed by atoms with van der Waals surface area (Å²) in [5.74, 6) is 1.46. The Bertz CT molecular complexity index is 1140. The highest BCUT2D eigenvalue weighted by Gasteiger charge is 2.34. The molecule has 34 heavy (non-hydrogen) atoms. The number of alkyl halides is 1. The van der Waals surface area contributed by atoms with Crippen LogP contribution < -0.4 is 10.1 Å². The number of ether oxygens (including phenoxy) is 2. The molecule has 0 radical (unpaired) electrons. The molecule has 0 saturated heterocycles. The third-order valence-corrected chi connectivity index (χ3v) is 6.54. The summed E-state index contributed by atoms with van der Waals surface area (Å²) in [5, 5.41) is 4.22. The first kappa shape index (κ1) is 24.4. The SMILES string of the molecule is CCc1nc(-c2ccc(OC)cc2Cl)c(CC)nc1N[C@@H]1c2ccccc2C[C@@H]1OCCCF. The van der Waals surface area contributed by atoms with Crippen molar-refractivity contribution in [3.8, 4) is 17.0 Å². The maximum absolute atomic E-state index is 12.7. The van der Waals surface area contributed by atoms with Crippen molar-refractivity contribution >= 4 is 17.4 Å². The van der Waals surface area contributed by atoms with Crippen LogP contribution in [0.4, 0.5) is 10.2 Å². The van der Waals surface area contributed by atoms with Gasteiger partial charge in [0.2, 0.25) is 0 Å². The van der Waals surface area contributed by atoms with E-state index < -0.39 is 0 Å². The van der Waals surface area contributed by atoms with E-state index in [2.05, 4.69) is 31.3 Å². The lowest BCUT2D eigenvalue weighted by molar-refractivity contribution is 0.0437. The van der Waals surface area contributed by atoms with Crippen LogP contribution in [0.3, 0.4) is 0 Å². The molecule has 0 spiro atoms. The van der Waals surface area contributed by atoms with E-state index >= 15 is 0 Å². The summed E-state index contributed by atoms with van der Waals surface area (Å²) in [5.41, 5.74) is 5.80. The second-order valence-corrected chi connectivity index (χ2v) is 8.75. The van der Waals surface area contributed by atoms with Gasteiger partial charge in [-0.1, -0.05) is 49.7 Å². The van der Waals surface area contributed by atoms with Gasteiger partial charge < -0.3 is 14.8 Å². The Kier molecular flexibility index (Phi) is 8.01. The number of rotatable bonds is 10. The summed E-state index contributed by atoms with van der Waals surface area (Å²) < 4.78 is 24.1. The van der Waals surface area contributed by atoms with Gasteiger partial charge >= 0.3 is 0 Å². The second-order valence-electron chi connectivity index (χ2n) is 8.34. The number of hydrogen-bond donors (Lipinski definition) is 1. The van der Waals surface area contributed by atoms with Gasteiger partial charge in [0.25, 0.3) is 0 Å². The molecule has 1 aliphatic carbocycles. The van der Waals surface area contributed by atoms with E-state index in [9.17, 15) is 4.39 Å². The number of nitrogens with zero attached hydrogens (tertiary/aromatic N) is 2. The number of aryl methyl sites for hydroxylation is 2. The number of fused-ring (bicyclic) bond motifs is 1. The Morgan fingerprint density at radius 1 is 1.09 bits per heavy atom. The van der Waals surface area contributed by atoms with Crippen molar-refractivity contribution in [2.45, 2.75) is 51.7 Å². The second kappa shape index (κ2) is 11.2. The predicted molar refractivity (Wildman–Crippen MR) is 135 cm³/mol. The molecule has 0 fully saturated rings. The molecule has 7 heteroatoms. The number of anilines is 1. The van der Waals surface area contributed by atoms with Gasteiger partial charge in [-0.05, 0) is 48.6 Å². The normalized spacial score (nSPS) is 17.0. The molecule has 1 aromatic heterocycles. The van der Waals surface area contributed by atoms with Crippen molar-refractivity contribution in [3.05, 3.63) is 70.0 Å². The molecule has 0 bridgehead atoms. The van der Waals surface area contributed by atoms with Crippen LogP contribution in [0.15, 0.2) is 42.5 Å². The van der Waals surface area contributed by atoms with Gasteiger partial charge in [-0.2, -0.15) is 0 Å². The maximum Gasteiger partial charge on any atom is 0.148 e. The van der Waals surface area contributed by atoms with Crippen LogP contribution in [0.2, 0.25) is 5.02 Å². The Morgan fingerprint density at radius 3 is 2.59 bits per heavy atom. The van der Waals surface area contributed by atoms with Gasteiger partial charge in [0.1, 0.15) is 11.6 Å². The van der Waals surface area contributed by atoms with Crippen molar-refractivity contribution in [3.63, 3.8) is 0 Å². The Balaban J connectivity index is 1.70. The molecule has 1 aliphatic rings. The van der Waals surface area contributed by atoms with Crippen molar-refractivity contribution in [1.29, 1.82) is 0 Å². The molecule has 180 valence electrons. The minimum absolute atomic E-state index is 0.0736. The van der Waals surface area contributed by atoms with Crippen molar-refractivity contribution in [1.82, 2.24) is 9.97 Å². The molecular weight excluding hydrogens is 453 g/mol. The highest BCUT2D eigenvalue weighted by Crippen LogP contribution is 2.38. The number of benzene rings is 2. The molecule has 0 aliphatic heterocycles. The van der Waals surface area contributed by atoms with Crippen LogP contribution in [-0.4, -0.2) is 36.5 Å². The lowest BCUT2D eigenvalue weighted by Crippen LogP contribution is -2.26. The molecule has 2 atom stereocenters. The van der Waals surface area contributed by atoms with E-state index in [1.165, 1.54) is 11.1 Å². The average Bonchev–Trinajstić information content (AvgIpc) is 3.21. The Hall–Kier alpha value is -2.70. The Labute approximate surface area is 205 Å². The van der Waals surface area contributed by atoms with Gasteiger partial charge in [0, 0.05) is 18.6 Å². The zero-order chi connectivity index (χ0) is 24.1. The quantitative estimate of drug-likeness (QED) is 0.339. The predicted octanol–water partition coefficient (Wildman–Crippen LogP) is 6.38. The monoisotopic (exact) mass is 483 g/mol. The first-order valence-electron chi connectivity index (χ1n) is 11.8. The lowest BCUT2D eigenvalue weighted by Gasteiger charge is -2.24. The van der Waals surface area contributed by atoms with Gasteiger partial charge in [-0.25, -0.2) is 9.97 Å². The molecule has 2 aromatic carbocycles. The van der Waals surface area contributed by atoms with Crippen molar-refractivity contribution in [2.75, 3.05) is 25.7 Å². The number of nitrogens with one attached hydrogen (secondary N) is 1. The van der Waals surface area contributed by atoms with Crippen LogP contribution in [0, 0.1) is 0 Å². The fourth-order valence-electron chi connectivity index (χ4n) is 4.46. The highest BCUT2D eigenvalue weighted by molar-refractivity contribution is 6.33. The first-order chi connectivity index (χ1) is 16.6. The van der Waals surface area contributed by atoms with E-state index in [1.54, 1.807) is 13.2 Å². The van der Waals surface area contributed by atoms with Gasteiger partial charge in [-0.3, -0.25) is 4.39 Å². The maximum atomic E-state index is 12.7. The molecular formula is C27H31ClFN3O2. The third-order valence-electron chi connectivity index (χ3n) is 6.23. The van der Waals surface area contributed by atoms with Crippen LogP contribution in [0.5, 0.6) is 5.75 Å². The molecule has 3 aromatic rings. The third kappa shape index (κ3) is 5.03. The minimum atomic E-state index is -0.377. The summed E-state index contributed by atoms with van der Waals surface area (Å²) in [7, 11) is 1.62. The molecule has 0 unspecified atom stereocenters. The van der Waals surface area contributed by atoms with Crippen LogP contribution in [-0.2, 0) is 24.0 Å². The molecule has 0 amide bonds. The van der Waals surface area contributed by atoms with E-state index in [4.69, 9.17) is 31.0 Å². The number of halogens is 2. The first-order valence-corrected chi connectivity index (χ1v) is 12.2. The van der Waals surface area contributed by atoms with Crippen LogP contribution in [0.1, 0.15) is 48.8 Å². The fourth-order valence-corrected chi connectivity index (χ4v) is 4.72. The van der Waals surface area contributed by atoms with Crippen LogP contribution >= 0.6 is 11.6 Å². The van der Waals surface area contributed by atoms with E-state index in [1.807, 2.05) is 24.3 Å². The highest BCUT2D eigenvalue weighted by atomic mass is 35.5. The van der Waals surface area contributed by atoms with Crippen molar-refractivity contribution < 1.29 is 13.9 Å². The smallest absolute Gasteiger partial charge is 0.148 e. The minimum Gasteiger partial charge on any atom is -0.497 e. The van der Waals surface area contributed by atoms with E-state index in [-0.39, 0.29) is 18.8 Å². The van der Waals surface area contributed by atoms with Crippen molar-refractivity contribution in [2.24, 2.45) is 0 Å². The molecule has 4 rings (SSSR count). The average molecular weight is 484 g/mol. The fraction of sp³-hybridized carbons (Fsp3) is 0.407. The summed E-state index contributed by atoms with van der Waals surface area (Å²) in [6, 6.07) is 13.9. The lowest BCUT2D eigenvalue weighted by atomic mass is 10.1. The van der Waals surface area contributed by atoms with Gasteiger partial charge in [0.15, 0.2) is 0 Å². The Morgan fingerprint density at radius 2 is 1.88 bits per heavy atom. The van der Waals surface area contributed by atoms with Crippen LogP contribution in [0.25, 0.3) is 11.3 Å². The molecule has 1 heterocycles. The standard InChI is InChI=1S/C27H31ClFN3O2/c1-4-22-25(20-12-11-18(33-3)16-21(20)28)30-23(5-2)27(31-22)32-26-19-10-7-6-9-17(19)15-24(26)34-14-8-13-29/h6-7,9-12,16,24,26H,4-5,8,13-15H2,1-3H3,(H,31,32)/t24-,26+/m0/s1. The number of hydrogen-bond acceptors (Lipinski definition) is 5. The summed E-state index contributed by atoms with van der Waals surface area (Å²) >= 11 is 6.57. The summed E-state index contributed by atoms with van der Waals surface area (Å²) in [6.45, 7) is 4.15. The topological polar surface area (TPSA) is 56.3 Å². The zero-order valence-corrected chi connectivity index (χ0v) is 20.7. The summed E-state index contributed by atoms with van der Waals surface area (Å²) in [6.07, 6.45) is 2.52. The zero-order valence-electron chi connectivity index (χ0n) is 19.9. The number of methoxy groups -OCH3 is 1. The van der Waals surface area contributed by atoms with E-state index in [0.717, 1.165) is 34.9 Å².